The number of rotatable bonds is 7. The average Bonchev–Trinajstić information content (AvgIpc) is 2.77. The standard InChI is InChI=1S/C23H20O6/c1-14(16-4-5-18-11-20(27-2)7-6-17(18)10-16)23(26)29-22-19(13-25)8-15(12-24)9-21(22)28-3/h4-14H,1-3H3. The van der Waals surface area contributed by atoms with Gasteiger partial charge in [0.25, 0.3) is 0 Å². The van der Waals surface area contributed by atoms with Crippen LogP contribution in [-0.2, 0) is 4.79 Å². The number of hydrogen-bond donors (Lipinski definition) is 0. The van der Waals surface area contributed by atoms with Crippen LogP contribution in [0.2, 0.25) is 0 Å². The summed E-state index contributed by atoms with van der Waals surface area (Å²) in [5.41, 5.74) is 1.09. The first-order valence-corrected chi connectivity index (χ1v) is 8.92. The maximum atomic E-state index is 12.8. The van der Waals surface area contributed by atoms with E-state index in [1.165, 1.54) is 19.2 Å². The third-order valence-corrected chi connectivity index (χ3v) is 4.72. The van der Waals surface area contributed by atoms with Crippen LogP contribution in [0.3, 0.4) is 0 Å². The predicted octanol–water partition coefficient (Wildman–Crippen LogP) is 4.19. The molecule has 148 valence electrons. The highest BCUT2D eigenvalue weighted by molar-refractivity contribution is 5.91. The second-order valence-corrected chi connectivity index (χ2v) is 6.49. The van der Waals surface area contributed by atoms with Gasteiger partial charge in [-0.15, -0.1) is 0 Å². The SMILES string of the molecule is COc1ccc2cc(C(C)C(=O)Oc3c(C=O)cc(C=O)cc3OC)ccc2c1. The molecule has 0 saturated carbocycles. The minimum absolute atomic E-state index is 0.00419. The molecule has 0 bridgehead atoms. The molecule has 6 nitrogen and oxygen atoms in total. The first-order chi connectivity index (χ1) is 14.0. The lowest BCUT2D eigenvalue weighted by atomic mass is 9.97. The van der Waals surface area contributed by atoms with Crippen LogP contribution in [0.5, 0.6) is 17.2 Å². The fourth-order valence-corrected chi connectivity index (χ4v) is 3.03. The highest BCUT2D eigenvalue weighted by Gasteiger charge is 2.22. The van der Waals surface area contributed by atoms with Gasteiger partial charge in [-0.1, -0.05) is 24.3 Å². The van der Waals surface area contributed by atoms with E-state index < -0.39 is 11.9 Å². The molecule has 0 aliphatic heterocycles. The third-order valence-electron chi connectivity index (χ3n) is 4.72. The van der Waals surface area contributed by atoms with Gasteiger partial charge >= 0.3 is 5.97 Å². The Balaban J connectivity index is 1.90. The maximum Gasteiger partial charge on any atom is 0.318 e. The molecule has 1 atom stereocenters. The molecule has 0 saturated heterocycles. The molecule has 6 heteroatoms. The number of carbonyl (C=O) groups is 3. The Morgan fingerprint density at radius 2 is 1.62 bits per heavy atom. The first-order valence-electron chi connectivity index (χ1n) is 8.92. The largest absolute Gasteiger partial charge is 0.497 e. The van der Waals surface area contributed by atoms with Gasteiger partial charge in [0.05, 0.1) is 25.7 Å². The molecule has 0 N–H and O–H groups in total. The van der Waals surface area contributed by atoms with Gasteiger partial charge in [-0.05, 0) is 47.5 Å². The van der Waals surface area contributed by atoms with Gasteiger partial charge < -0.3 is 14.2 Å². The fraction of sp³-hybridized carbons (Fsp3) is 0.174. The molecule has 0 fully saturated rings. The molecular weight excluding hydrogens is 372 g/mol. The number of benzene rings is 3. The summed E-state index contributed by atoms with van der Waals surface area (Å²) >= 11 is 0. The second-order valence-electron chi connectivity index (χ2n) is 6.49. The van der Waals surface area contributed by atoms with Crippen LogP contribution in [0.1, 0.15) is 39.1 Å². The summed E-state index contributed by atoms with van der Waals surface area (Å²) in [6.07, 6.45) is 1.11. The molecule has 3 rings (SSSR count). The molecule has 0 spiro atoms. The lowest BCUT2D eigenvalue weighted by molar-refractivity contribution is -0.135. The van der Waals surface area contributed by atoms with E-state index in [2.05, 4.69) is 0 Å². The highest BCUT2D eigenvalue weighted by Crippen LogP contribution is 2.33. The zero-order valence-corrected chi connectivity index (χ0v) is 16.3. The average molecular weight is 392 g/mol. The molecule has 0 aromatic heterocycles. The minimum atomic E-state index is -0.587. The summed E-state index contributed by atoms with van der Waals surface area (Å²) in [7, 11) is 2.98. The van der Waals surface area contributed by atoms with Gasteiger partial charge in [0, 0.05) is 5.56 Å². The minimum Gasteiger partial charge on any atom is -0.497 e. The van der Waals surface area contributed by atoms with Crippen LogP contribution in [0.15, 0.2) is 48.5 Å². The summed E-state index contributed by atoms with van der Waals surface area (Å²) < 4.78 is 15.9. The van der Waals surface area contributed by atoms with Crippen molar-refractivity contribution in [3.05, 3.63) is 65.2 Å². The quantitative estimate of drug-likeness (QED) is 0.341. The van der Waals surface area contributed by atoms with Crippen molar-refractivity contribution in [2.75, 3.05) is 14.2 Å². The Hall–Kier alpha value is -3.67. The number of hydrogen-bond acceptors (Lipinski definition) is 6. The monoisotopic (exact) mass is 392 g/mol. The van der Waals surface area contributed by atoms with Crippen molar-refractivity contribution in [2.24, 2.45) is 0 Å². The van der Waals surface area contributed by atoms with Gasteiger partial charge in [-0.2, -0.15) is 0 Å². The number of carbonyl (C=O) groups excluding carboxylic acids is 3. The van der Waals surface area contributed by atoms with Crippen LogP contribution in [0.25, 0.3) is 10.8 Å². The van der Waals surface area contributed by atoms with Crippen LogP contribution < -0.4 is 14.2 Å². The van der Waals surface area contributed by atoms with E-state index >= 15 is 0 Å². The Kier molecular flexibility index (Phi) is 5.93. The third kappa shape index (κ3) is 4.11. The van der Waals surface area contributed by atoms with Crippen molar-refractivity contribution >= 4 is 29.3 Å². The molecule has 29 heavy (non-hydrogen) atoms. The molecule has 0 radical (unpaired) electrons. The topological polar surface area (TPSA) is 78.9 Å². The van der Waals surface area contributed by atoms with Crippen molar-refractivity contribution in [1.82, 2.24) is 0 Å². The number of methoxy groups -OCH3 is 2. The molecule has 0 aliphatic carbocycles. The molecule has 3 aromatic carbocycles. The van der Waals surface area contributed by atoms with Gasteiger partial charge in [-0.3, -0.25) is 14.4 Å². The number of aldehydes is 2. The lowest BCUT2D eigenvalue weighted by Gasteiger charge is -2.16. The molecule has 3 aromatic rings. The summed E-state index contributed by atoms with van der Waals surface area (Å²) in [6, 6.07) is 14.1. The molecular formula is C23H20O6. The number of esters is 1. The maximum absolute atomic E-state index is 12.8. The smallest absolute Gasteiger partial charge is 0.318 e. The summed E-state index contributed by atoms with van der Waals surface area (Å²) in [6.45, 7) is 1.72. The van der Waals surface area contributed by atoms with Crippen molar-refractivity contribution in [2.45, 2.75) is 12.8 Å². The van der Waals surface area contributed by atoms with Gasteiger partial charge in [0.1, 0.15) is 12.0 Å². The Labute approximate surface area is 168 Å². The van der Waals surface area contributed by atoms with E-state index in [0.717, 1.165) is 22.1 Å². The van der Waals surface area contributed by atoms with Crippen LogP contribution in [-0.4, -0.2) is 32.8 Å². The fourth-order valence-electron chi connectivity index (χ4n) is 3.03. The number of fused-ring (bicyclic) bond motifs is 1. The van der Waals surface area contributed by atoms with Crippen molar-refractivity contribution in [3.63, 3.8) is 0 Å². The van der Waals surface area contributed by atoms with E-state index in [9.17, 15) is 14.4 Å². The van der Waals surface area contributed by atoms with E-state index in [0.29, 0.717) is 12.6 Å². The van der Waals surface area contributed by atoms with Crippen LogP contribution in [0.4, 0.5) is 0 Å². The molecule has 0 heterocycles. The Bertz CT molecular complexity index is 1090. The number of ether oxygens (including phenoxy) is 3. The summed E-state index contributed by atoms with van der Waals surface area (Å²) in [4.78, 5) is 35.2. The Morgan fingerprint density at radius 3 is 2.28 bits per heavy atom. The van der Waals surface area contributed by atoms with Crippen molar-refractivity contribution in [3.8, 4) is 17.2 Å². The van der Waals surface area contributed by atoms with Gasteiger partial charge in [0.2, 0.25) is 0 Å². The van der Waals surface area contributed by atoms with E-state index in [-0.39, 0.29) is 22.6 Å². The van der Waals surface area contributed by atoms with Crippen molar-refractivity contribution in [1.29, 1.82) is 0 Å². The van der Waals surface area contributed by atoms with Crippen LogP contribution in [0, 0.1) is 0 Å². The second kappa shape index (κ2) is 8.56. The van der Waals surface area contributed by atoms with E-state index in [4.69, 9.17) is 14.2 Å². The van der Waals surface area contributed by atoms with Gasteiger partial charge in [0.15, 0.2) is 17.8 Å². The lowest BCUT2D eigenvalue weighted by Crippen LogP contribution is -2.17. The normalized spacial score (nSPS) is 11.6. The highest BCUT2D eigenvalue weighted by atomic mass is 16.6. The van der Waals surface area contributed by atoms with E-state index in [1.807, 2.05) is 36.4 Å². The predicted molar refractivity (Wildman–Crippen MR) is 108 cm³/mol. The van der Waals surface area contributed by atoms with Gasteiger partial charge in [-0.25, -0.2) is 0 Å². The first kappa shape index (κ1) is 20.1. The molecule has 1 unspecified atom stereocenters. The van der Waals surface area contributed by atoms with E-state index in [1.54, 1.807) is 14.0 Å². The molecule has 0 aliphatic rings. The summed E-state index contributed by atoms with van der Waals surface area (Å²) in [5.74, 6) is -0.238. The summed E-state index contributed by atoms with van der Waals surface area (Å²) in [5, 5.41) is 1.95. The molecule has 0 amide bonds. The Morgan fingerprint density at radius 1 is 0.897 bits per heavy atom. The zero-order chi connectivity index (χ0) is 21.0. The van der Waals surface area contributed by atoms with Crippen LogP contribution >= 0.6 is 0 Å². The zero-order valence-electron chi connectivity index (χ0n) is 16.3. The van der Waals surface area contributed by atoms with Crippen molar-refractivity contribution < 1.29 is 28.6 Å².